The van der Waals surface area contributed by atoms with Gasteiger partial charge in [0.2, 0.25) is 6.79 Å². The van der Waals surface area contributed by atoms with Gasteiger partial charge in [0.05, 0.1) is 0 Å². The van der Waals surface area contributed by atoms with Crippen LogP contribution in [-0.4, -0.2) is 26.5 Å². The van der Waals surface area contributed by atoms with Crippen LogP contribution in [0.2, 0.25) is 0 Å². The van der Waals surface area contributed by atoms with Crippen LogP contribution in [0, 0.1) is 5.92 Å². The van der Waals surface area contributed by atoms with Crippen LogP contribution < -0.4 is 19.5 Å². The molecule has 1 aliphatic carbocycles. The van der Waals surface area contributed by atoms with Crippen molar-refractivity contribution in [2.24, 2.45) is 5.92 Å². The number of allylic oxidation sites excluding steroid dienone is 1. The van der Waals surface area contributed by atoms with E-state index in [1.807, 2.05) is 6.07 Å². The zero-order valence-electron chi connectivity index (χ0n) is 21.3. The molecule has 0 aromatic heterocycles. The monoisotopic (exact) mass is 483 g/mol. The van der Waals surface area contributed by atoms with Crippen molar-refractivity contribution in [2.75, 3.05) is 26.5 Å². The predicted octanol–water partition coefficient (Wildman–Crippen LogP) is 7.33. The highest BCUT2D eigenvalue weighted by molar-refractivity contribution is 5.98. The van der Waals surface area contributed by atoms with Crippen LogP contribution in [-0.2, 0) is 0 Å². The summed E-state index contributed by atoms with van der Waals surface area (Å²) in [5.41, 5.74) is 6.05. The summed E-state index contributed by atoms with van der Waals surface area (Å²) in [6, 6.07) is 25.4. The van der Waals surface area contributed by atoms with Crippen molar-refractivity contribution in [3.05, 3.63) is 89.5 Å². The number of fused-ring (bicyclic) bond motifs is 1. The molecule has 1 aliphatic heterocycles. The molecule has 1 saturated carbocycles. The van der Waals surface area contributed by atoms with Gasteiger partial charge in [-0.2, -0.15) is 0 Å². The minimum atomic E-state index is 0.285. The van der Waals surface area contributed by atoms with Gasteiger partial charge in [0.25, 0.3) is 0 Å². The summed E-state index contributed by atoms with van der Waals surface area (Å²) >= 11 is 0. The molecule has 4 nitrogen and oxygen atoms in total. The van der Waals surface area contributed by atoms with E-state index >= 15 is 0 Å². The molecule has 0 saturated heterocycles. The Labute approximate surface area is 215 Å². The zero-order valence-corrected chi connectivity index (χ0v) is 21.3. The van der Waals surface area contributed by atoms with Crippen LogP contribution in [0.15, 0.2) is 72.8 Å². The van der Waals surface area contributed by atoms with Crippen molar-refractivity contribution in [3.63, 3.8) is 0 Å². The first-order valence-corrected chi connectivity index (χ1v) is 13.4. The first-order valence-electron chi connectivity index (χ1n) is 13.4. The second kappa shape index (κ2) is 12.1. The lowest BCUT2D eigenvalue weighted by molar-refractivity contribution is 0.174. The molecule has 3 aromatic carbocycles. The summed E-state index contributed by atoms with van der Waals surface area (Å²) in [5, 5.41) is 3.58. The van der Waals surface area contributed by atoms with Crippen LogP contribution in [0.3, 0.4) is 0 Å². The summed E-state index contributed by atoms with van der Waals surface area (Å²) in [5.74, 6) is 3.38. The van der Waals surface area contributed by atoms with Gasteiger partial charge in [-0.05, 0) is 83.8 Å². The molecule has 1 heterocycles. The lowest BCUT2D eigenvalue weighted by Crippen LogP contribution is -2.28. The largest absolute Gasteiger partial charge is 0.492 e. The lowest BCUT2D eigenvalue weighted by Gasteiger charge is -2.21. The average Bonchev–Trinajstić information content (AvgIpc) is 3.41. The van der Waals surface area contributed by atoms with Crippen molar-refractivity contribution < 1.29 is 14.2 Å². The fraction of sp³-hybridized carbons (Fsp3) is 0.375. The van der Waals surface area contributed by atoms with E-state index in [1.165, 1.54) is 54.4 Å². The second-order valence-electron chi connectivity index (χ2n) is 9.72. The van der Waals surface area contributed by atoms with Crippen LogP contribution in [0.25, 0.3) is 11.1 Å². The summed E-state index contributed by atoms with van der Waals surface area (Å²) in [7, 11) is 0. The minimum absolute atomic E-state index is 0.285. The molecule has 3 aromatic rings. The zero-order chi connectivity index (χ0) is 24.6. The van der Waals surface area contributed by atoms with E-state index in [0.29, 0.717) is 6.61 Å². The lowest BCUT2D eigenvalue weighted by atomic mass is 9.88. The number of nitrogens with one attached hydrogen (secondary N) is 1. The van der Waals surface area contributed by atoms with Gasteiger partial charge in [0, 0.05) is 6.54 Å². The molecule has 2 aliphatic rings. The van der Waals surface area contributed by atoms with Crippen LogP contribution >= 0.6 is 0 Å². The van der Waals surface area contributed by atoms with E-state index in [2.05, 4.69) is 79.0 Å². The van der Waals surface area contributed by atoms with Gasteiger partial charge in [0.15, 0.2) is 11.5 Å². The van der Waals surface area contributed by atoms with E-state index in [1.54, 1.807) is 0 Å². The molecule has 0 radical (unpaired) electrons. The van der Waals surface area contributed by atoms with Crippen LogP contribution in [0.4, 0.5) is 0 Å². The third-order valence-electron chi connectivity index (χ3n) is 7.29. The first kappa shape index (κ1) is 24.5. The topological polar surface area (TPSA) is 39.7 Å². The predicted molar refractivity (Wildman–Crippen MR) is 147 cm³/mol. The molecule has 0 atom stereocenters. The quantitative estimate of drug-likeness (QED) is 0.242. The Morgan fingerprint density at radius 3 is 2.33 bits per heavy atom. The second-order valence-corrected chi connectivity index (χ2v) is 9.72. The SMILES string of the molecule is CC/C(=C(\c1ccccc1)c1ccc(OCCNCC2CCCCC2)cc1)c1ccc2c(c1)OCO2. The van der Waals surface area contributed by atoms with Crippen LogP contribution in [0.5, 0.6) is 17.2 Å². The van der Waals surface area contributed by atoms with Crippen molar-refractivity contribution in [1.82, 2.24) is 5.32 Å². The van der Waals surface area contributed by atoms with Gasteiger partial charge in [-0.1, -0.05) is 74.7 Å². The minimum Gasteiger partial charge on any atom is -0.492 e. The Kier molecular flexibility index (Phi) is 8.24. The Hall–Kier alpha value is -3.24. The number of rotatable bonds is 10. The van der Waals surface area contributed by atoms with Gasteiger partial charge >= 0.3 is 0 Å². The number of benzene rings is 3. The van der Waals surface area contributed by atoms with Gasteiger partial charge in [0.1, 0.15) is 12.4 Å². The Balaban J connectivity index is 1.31. The van der Waals surface area contributed by atoms with E-state index in [4.69, 9.17) is 14.2 Å². The molecule has 1 fully saturated rings. The van der Waals surface area contributed by atoms with E-state index in [9.17, 15) is 0 Å². The van der Waals surface area contributed by atoms with Gasteiger partial charge in [-0.3, -0.25) is 0 Å². The maximum Gasteiger partial charge on any atom is 0.231 e. The molecule has 0 amide bonds. The fourth-order valence-electron chi connectivity index (χ4n) is 5.39. The highest BCUT2D eigenvalue weighted by atomic mass is 16.7. The molecule has 0 spiro atoms. The highest BCUT2D eigenvalue weighted by Crippen LogP contribution is 2.39. The molecule has 36 heavy (non-hydrogen) atoms. The van der Waals surface area contributed by atoms with Crippen molar-refractivity contribution >= 4 is 11.1 Å². The van der Waals surface area contributed by atoms with Crippen molar-refractivity contribution in [2.45, 2.75) is 45.4 Å². The van der Waals surface area contributed by atoms with Gasteiger partial charge < -0.3 is 19.5 Å². The summed E-state index contributed by atoms with van der Waals surface area (Å²) in [6.07, 6.45) is 7.84. The summed E-state index contributed by atoms with van der Waals surface area (Å²) < 4.78 is 17.2. The van der Waals surface area contributed by atoms with Crippen LogP contribution in [0.1, 0.15) is 62.1 Å². The highest BCUT2D eigenvalue weighted by Gasteiger charge is 2.18. The standard InChI is InChI=1S/C32H37NO3/c1-2-29(27-15-18-30-31(21-27)36-23-35-30)32(25-11-7-4-8-12-25)26-13-16-28(17-14-26)34-20-19-33-22-24-9-5-3-6-10-24/h4,7-8,11-18,21,24,33H,2-3,5-6,9-10,19-20,22-23H2,1H3/b32-29-. The number of hydrogen-bond acceptors (Lipinski definition) is 4. The molecule has 5 rings (SSSR count). The number of hydrogen-bond donors (Lipinski definition) is 1. The van der Waals surface area contributed by atoms with Crippen molar-refractivity contribution in [3.8, 4) is 17.2 Å². The fourth-order valence-corrected chi connectivity index (χ4v) is 5.39. The maximum absolute atomic E-state index is 6.05. The normalized spacial score (nSPS) is 16.0. The molecule has 1 N–H and O–H groups in total. The van der Waals surface area contributed by atoms with E-state index in [-0.39, 0.29) is 6.79 Å². The Morgan fingerprint density at radius 1 is 0.833 bits per heavy atom. The molecule has 0 bridgehead atoms. The summed E-state index contributed by atoms with van der Waals surface area (Å²) in [6.45, 7) is 5.18. The molecule has 4 heteroatoms. The summed E-state index contributed by atoms with van der Waals surface area (Å²) in [4.78, 5) is 0. The third kappa shape index (κ3) is 5.93. The molecule has 0 unspecified atom stereocenters. The molecular formula is C32H37NO3. The Bertz CT molecular complexity index is 1150. The smallest absolute Gasteiger partial charge is 0.231 e. The third-order valence-corrected chi connectivity index (χ3v) is 7.29. The average molecular weight is 484 g/mol. The van der Waals surface area contributed by atoms with E-state index < -0.39 is 0 Å². The van der Waals surface area contributed by atoms with E-state index in [0.717, 1.165) is 48.2 Å². The van der Waals surface area contributed by atoms with Crippen molar-refractivity contribution in [1.29, 1.82) is 0 Å². The Morgan fingerprint density at radius 2 is 1.56 bits per heavy atom. The van der Waals surface area contributed by atoms with Gasteiger partial charge in [-0.25, -0.2) is 0 Å². The number of ether oxygens (including phenoxy) is 3. The van der Waals surface area contributed by atoms with Gasteiger partial charge in [-0.15, -0.1) is 0 Å². The molecular weight excluding hydrogens is 446 g/mol. The molecule has 188 valence electrons. The maximum atomic E-state index is 6.05. The first-order chi connectivity index (χ1) is 17.8.